The lowest BCUT2D eigenvalue weighted by atomic mass is 10.2. The molecule has 0 spiro atoms. The van der Waals surface area contributed by atoms with Crippen molar-refractivity contribution in [2.24, 2.45) is 0 Å². The first kappa shape index (κ1) is 16.9. The van der Waals surface area contributed by atoms with Crippen LogP contribution >= 0.6 is 59.1 Å². The van der Waals surface area contributed by atoms with Gasteiger partial charge in [0, 0.05) is 4.47 Å². The van der Waals surface area contributed by atoms with Crippen LogP contribution in [0, 0.1) is 0 Å². The van der Waals surface area contributed by atoms with Crippen LogP contribution in [0.3, 0.4) is 0 Å². The summed E-state index contributed by atoms with van der Waals surface area (Å²) in [5.41, 5.74) is 0.142. The minimum Gasteiger partial charge on any atom is -0.478 e. The van der Waals surface area contributed by atoms with Crippen LogP contribution in [0.25, 0.3) is 0 Å². The minimum absolute atomic E-state index is 0.0207. The molecule has 112 valence electrons. The molecule has 0 fully saturated rings. The quantitative estimate of drug-likeness (QED) is 0.621. The molecular formula is C11H6Br3NO4S2. The first-order chi connectivity index (χ1) is 9.69. The highest BCUT2D eigenvalue weighted by molar-refractivity contribution is 9.12. The molecule has 0 saturated carbocycles. The van der Waals surface area contributed by atoms with Gasteiger partial charge in [0.15, 0.2) is 0 Å². The summed E-state index contributed by atoms with van der Waals surface area (Å²) in [6, 6.07) is 5.59. The fraction of sp³-hybridized carbons (Fsp3) is 0. The van der Waals surface area contributed by atoms with E-state index in [1.165, 1.54) is 35.6 Å². The van der Waals surface area contributed by atoms with Crippen LogP contribution < -0.4 is 4.72 Å². The Bertz CT molecular complexity index is 817. The zero-order valence-corrected chi connectivity index (χ0v) is 16.3. The first-order valence-electron chi connectivity index (χ1n) is 5.20. The summed E-state index contributed by atoms with van der Waals surface area (Å²) >= 11 is 10.8. The molecule has 0 aliphatic heterocycles. The Hall–Kier alpha value is -0.420. The zero-order valence-electron chi connectivity index (χ0n) is 9.93. The molecule has 0 bridgehead atoms. The maximum Gasteiger partial charge on any atom is 0.335 e. The van der Waals surface area contributed by atoms with Crippen molar-refractivity contribution >= 4 is 80.8 Å². The highest BCUT2D eigenvalue weighted by Crippen LogP contribution is 2.35. The number of aromatic carboxylic acids is 1. The van der Waals surface area contributed by atoms with Crippen LogP contribution in [-0.2, 0) is 10.0 Å². The Morgan fingerprint density at radius 1 is 1.14 bits per heavy atom. The van der Waals surface area contributed by atoms with Gasteiger partial charge in [-0.05, 0) is 56.1 Å². The molecule has 1 aromatic carbocycles. The highest BCUT2D eigenvalue weighted by atomic mass is 79.9. The number of anilines is 1. The van der Waals surface area contributed by atoms with E-state index >= 15 is 0 Å². The maximum absolute atomic E-state index is 12.3. The van der Waals surface area contributed by atoms with E-state index in [4.69, 9.17) is 5.11 Å². The fourth-order valence-corrected chi connectivity index (χ4v) is 6.84. The Labute approximate surface area is 149 Å². The molecule has 2 rings (SSSR count). The number of sulfonamides is 1. The molecule has 5 nitrogen and oxygen atoms in total. The third-order valence-electron chi connectivity index (χ3n) is 2.31. The Kier molecular flexibility index (Phi) is 5.14. The number of thiophene rings is 1. The Morgan fingerprint density at radius 3 is 2.33 bits per heavy atom. The van der Waals surface area contributed by atoms with Crippen LogP contribution in [0.2, 0.25) is 0 Å². The lowest BCUT2D eigenvalue weighted by Crippen LogP contribution is -2.13. The normalized spacial score (nSPS) is 11.4. The molecule has 0 saturated heterocycles. The van der Waals surface area contributed by atoms with Crippen molar-refractivity contribution in [1.82, 2.24) is 0 Å². The van der Waals surface area contributed by atoms with Crippen molar-refractivity contribution in [2.45, 2.75) is 4.90 Å². The summed E-state index contributed by atoms with van der Waals surface area (Å²) in [6.45, 7) is 0. The molecule has 0 radical (unpaired) electrons. The van der Waals surface area contributed by atoms with Gasteiger partial charge in [0.2, 0.25) is 0 Å². The molecule has 0 unspecified atom stereocenters. The van der Waals surface area contributed by atoms with Crippen molar-refractivity contribution in [2.75, 3.05) is 4.72 Å². The second-order valence-corrected chi connectivity index (χ2v) is 10.1. The van der Waals surface area contributed by atoms with Gasteiger partial charge in [-0.1, -0.05) is 15.9 Å². The van der Waals surface area contributed by atoms with Gasteiger partial charge in [0.1, 0.15) is 4.90 Å². The van der Waals surface area contributed by atoms with Crippen molar-refractivity contribution < 1.29 is 18.3 Å². The Balaban J connectivity index is 2.41. The third kappa shape index (κ3) is 4.07. The second-order valence-electron chi connectivity index (χ2n) is 3.83. The number of halogens is 3. The van der Waals surface area contributed by atoms with E-state index in [2.05, 4.69) is 52.5 Å². The highest BCUT2D eigenvalue weighted by Gasteiger charge is 2.21. The van der Waals surface area contributed by atoms with Crippen molar-refractivity contribution in [3.05, 3.63) is 41.9 Å². The van der Waals surface area contributed by atoms with E-state index in [9.17, 15) is 13.2 Å². The molecule has 0 aliphatic rings. The van der Waals surface area contributed by atoms with Crippen LogP contribution in [0.15, 0.2) is 41.2 Å². The van der Waals surface area contributed by atoms with Gasteiger partial charge in [-0.3, -0.25) is 4.72 Å². The topological polar surface area (TPSA) is 83.5 Å². The summed E-state index contributed by atoms with van der Waals surface area (Å²) in [4.78, 5) is 11.1. The number of hydrogen-bond acceptors (Lipinski definition) is 4. The molecule has 2 N–H and O–H groups in total. The van der Waals surface area contributed by atoms with Crippen LogP contribution in [0.4, 0.5) is 5.69 Å². The summed E-state index contributed by atoms with van der Waals surface area (Å²) in [5, 5.41) is 8.99. The van der Waals surface area contributed by atoms with Crippen molar-refractivity contribution in [3.63, 3.8) is 0 Å². The predicted octanol–water partition coefficient (Wildman–Crippen LogP) is 4.53. The van der Waals surface area contributed by atoms with Gasteiger partial charge < -0.3 is 5.11 Å². The first-order valence-corrected chi connectivity index (χ1v) is 9.88. The maximum atomic E-state index is 12.3. The lowest BCUT2D eigenvalue weighted by Gasteiger charge is -2.08. The van der Waals surface area contributed by atoms with Gasteiger partial charge >= 0.3 is 5.97 Å². The summed E-state index contributed by atoms with van der Waals surface area (Å²) in [6.07, 6.45) is 0. The smallest absolute Gasteiger partial charge is 0.335 e. The second kappa shape index (κ2) is 6.37. The van der Waals surface area contributed by atoms with E-state index < -0.39 is 16.0 Å². The number of rotatable bonds is 4. The third-order valence-corrected chi connectivity index (χ3v) is 6.91. The number of hydrogen-bond donors (Lipinski definition) is 2. The number of carbonyl (C=O) groups is 1. The Morgan fingerprint density at radius 2 is 1.81 bits per heavy atom. The number of carboxylic acid groups (broad SMARTS) is 1. The lowest BCUT2D eigenvalue weighted by molar-refractivity contribution is 0.0697. The van der Waals surface area contributed by atoms with E-state index in [0.29, 0.717) is 12.0 Å². The van der Waals surface area contributed by atoms with Gasteiger partial charge in [0.05, 0.1) is 18.8 Å². The van der Waals surface area contributed by atoms with E-state index in [1.54, 1.807) is 0 Å². The molecule has 0 aliphatic carbocycles. The summed E-state index contributed by atoms with van der Waals surface area (Å²) < 4.78 is 28.6. The van der Waals surface area contributed by atoms with E-state index in [-0.39, 0.29) is 16.1 Å². The average Bonchev–Trinajstić information content (AvgIpc) is 2.67. The fourth-order valence-electron chi connectivity index (χ4n) is 1.49. The van der Waals surface area contributed by atoms with Gasteiger partial charge in [-0.2, -0.15) is 0 Å². The van der Waals surface area contributed by atoms with Crippen LogP contribution in [-0.4, -0.2) is 19.5 Å². The molecule has 0 amide bonds. The SMILES string of the molecule is O=C(O)c1cc(Br)cc(NS(=O)(=O)c2cc(Br)sc2Br)c1. The average molecular weight is 520 g/mol. The molecule has 1 heterocycles. The largest absolute Gasteiger partial charge is 0.478 e. The summed E-state index contributed by atoms with van der Waals surface area (Å²) in [7, 11) is -3.81. The molecular weight excluding hydrogens is 514 g/mol. The zero-order chi connectivity index (χ0) is 15.8. The van der Waals surface area contributed by atoms with Gasteiger partial charge in [0.25, 0.3) is 10.0 Å². The number of carboxylic acids is 1. The van der Waals surface area contributed by atoms with Crippen LogP contribution in [0.1, 0.15) is 10.4 Å². The monoisotopic (exact) mass is 517 g/mol. The van der Waals surface area contributed by atoms with Gasteiger partial charge in [-0.15, -0.1) is 11.3 Å². The molecule has 2 aromatic rings. The van der Waals surface area contributed by atoms with E-state index in [0.717, 1.165) is 0 Å². The minimum atomic E-state index is -3.81. The molecule has 10 heteroatoms. The van der Waals surface area contributed by atoms with E-state index in [1.807, 2.05) is 0 Å². The molecule has 0 atom stereocenters. The molecule has 21 heavy (non-hydrogen) atoms. The van der Waals surface area contributed by atoms with Gasteiger partial charge in [-0.25, -0.2) is 13.2 Å². The van der Waals surface area contributed by atoms with Crippen molar-refractivity contribution in [1.29, 1.82) is 0 Å². The standard InChI is InChI=1S/C11H6Br3NO4S2/c12-6-1-5(11(16)17)2-7(3-6)15-21(18,19)8-4-9(13)20-10(8)14/h1-4,15H,(H,16,17). The van der Waals surface area contributed by atoms with Crippen LogP contribution in [0.5, 0.6) is 0 Å². The number of benzene rings is 1. The summed E-state index contributed by atoms with van der Waals surface area (Å²) in [5.74, 6) is -1.14. The predicted molar refractivity (Wildman–Crippen MR) is 91.6 cm³/mol. The molecule has 1 aromatic heterocycles. The number of nitrogens with one attached hydrogen (secondary N) is 1. The van der Waals surface area contributed by atoms with Crippen molar-refractivity contribution in [3.8, 4) is 0 Å².